The summed E-state index contributed by atoms with van der Waals surface area (Å²) >= 11 is 7.13. The Balaban J connectivity index is 1.72. The summed E-state index contributed by atoms with van der Waals surface area (Å²) in [4.78, 5) is 41.0. The summed E-state index contributed by atoms with van der Waals surface area (Å²) in [5.74, 6) is -2.48. The zero-order valence-electron chi connectivity index (χ0n) is 17.6. The molecule has 3 rings (SSSR count). The molecule has 0 unspecified atom stereocenters. The lowest BCUT2D eigenvalue weighted by atomic mass is 10.2. The first-order valence-corrected chi connectivity index (χ1v) is 13.0. The fraction of sp³-hybridized carbons (Fsp3) is 0.632. The van der Waals surface area contributed by atoms with Gasteiger partial charge < -0.3 is 19.6 Å². The van der Waals surface area contributed by atoms with Crippen LogP contribution in [-0.4, -0.2) is 103 Å². The monoisotopic (exact) mass is 507 g/mol. The van der Waals surface area contributed by atoms with E-state index in [1.54, 1.807) is 24.0 Å². The van der Waals surface area contributed by atoms with Gasteiger partial charge in [-0.3, -0.25) is 14.4 Å². The van der Waals surface area contributed by atoms with Crippen molar-refractivity contribution in [2.75, 3.05) is 45.1 Å². The lowest BCUT2D eigenvalue weighted by molar-refractivity contribution is -0.147. The van der Waals surface area contributed by atoms with E-state index < -0.39 is 40.5 Å². The average Bonchev–Trinajstić information content (AvgIpc) is 3.35. The third-order valence-electron chi connectivity index (χ3n) is 5.59. The van der Waals surface area contributed by atoms with Gasteiger partial charge in [-0.2, -0.15) is 4.31 Å². The maximum Gasteiger partial charge on any atom is 0.318 e. The minimum Gasteiger partial charge on any atom is -0.480 e. The van der Waals surface area contributed by atoms with E-state index in [1.165, 1.54) is 16.2 Å². The number of nitrogens with zero attached hydrogens (tertiary/aromatic N) is 3. The minimum atomic E-state index is -4.06. The number of rotatable bonds is 9. The van der Waals surface area contributed by atoms with Gasteiger partial charge in [0, 0.05) is 24.5 Å². The van der Waals surface area contributed by atoms with Gasteiger partial charge >= 0.3 is 5.97 Å². The molecule has 1 aromatic heterocycles. The number of morpholine rings is 1. The second kappa shape index (κ2) is 10.5. The number of halogens is 1. The maximum absolute atomic E-state index is 13.1. The molecule has 2 saturated heterocycles. The summed E-state index contributed by atoms with van der Waals surface area (Å²) < 4.78 is 32.6. The van der Waals surface area contributed by atoms with Gasteiger partial charge in [0.1, 0.15) is 18.6 Å². The number of carbonyl (C=O) groups is 3. The first-order valence-electron chi connectivity index (χ1n) is 10.2. The van der Waals surface area contributed by atoms with Crippen LogP contribution < -0.4 is 0 Å². The minimum absolute atomic E-state index is 0.122. The highest BCUT2D eigenvalue weighted by Crippen LogP contribution is 2.26. The van der Waals surface area contributed by atoms with E-state index in [1.807, 2.05) is 0 Å². The third kappa shape index (κ3) is 5.79. The number of sulfonamides is 1. The number of carboxylic acids is 1. The van der Waals surface area contributed by atoms with Crippen LogP contribution in [0.4, 0.5) is 0 Å². The van der Waals surface area contributed by atoms with E-state index >= 15 is 0 Å². The number of ether oxygens (including phenoxy) is 1. The summed E-state index contributed by atoms with van der Waals surface area (Å²) in [6, 6.07) is 1.45. The van der Waals surface area contributed by atoms with Crippen molar-refractivity contribution in [3.05, 3.63) is 21.3 Å². The lowest BCUT2D eigenvalue weighted by Crippen LogP contribution is -2.53. The number of carboxylic acid groups (broad SMARTS) is 1. The molecule has 0 saturated carbocycles. The van der Waals surface area contributed by atoms with E-state index in [2.05, 4.69) is 0 Å². The summed E-state index contributed by atoms with van der Waals surface area (Å²) in [6.07, 6.45) is 0.281. The molecule has 2 fully saturated rings. The van der Waals surface area contributed by atoms with Crippen molar-refractivity contribution >= 4 is 50.7 Å². The van der Waals surface area contributed by atoms with Crippen LogP contribution in [0.2, 0.25) is 4.34 Å². The van der Waals surface area contributed by atoms with Gasteiger partial charge in [0.2, 0.25) is 21.8 Å². The molecule has 13 heteroatoms. The van der Waals surface area contributed by atoms with Gasteiger partial charge in [-0.15, -0.1) is 11.3 Å². The van der Waals surface area contributed by atoms with Crippen molar-refractivity contribution < 1.29 is 32.6 Å². The SMILES string of the molecule is C[C@@H](C(=O)N1CCOCC1)N1CC[C@H](N(CC(=O)O)S(=O)(=O)CCc2ccc(Cl)s2)C1=O. The third-order valence-corrected chi connectivity index (χ3v) is 8.70. The predicted octanol–water partition coefficient (Wildman–Crippen LogP) is 0.509. The normalized spacial score (nSPS) is 20.7. The van der Waals surface area contributed by atoms with Crippen molar-refractivity contribution in [2.45, 2.75) is 31.8 Å². The van der Waals surface area contributed by atoms with Gasteiger partial charge in [-0.1, -0.05) is 11.6 Å². The largest absolute Gasteiger partial charge is 0.480 e. The molecule has 10 nitrogen and oxygen atoms in total. The Labute approximate surface area is 195 Å². The standard InChI is InChI=1S/C19H26ClN3O7S2/c1-13(18(26)21-7-9-30-10-8-21)22-6-4-15(19(22)27)23(12-17(24)25)32(28,29)11-5-14-2-3-16(20)31-14/h2-3,13,15H,4-12H2,1H3,(H,24,25)/t13-,15-/m0/s1. The Kier molecular flexibility index (Phi) is 8.15. The Morgan fingerprint density at radius 3 is 2.59 bits per heavy atom. The molecular formula is C19H26ClN3O7S2. The summed E-state index contributed by atoms with van der Waals surface area (Å²) in [7, 11) is -4.06. The second-order valence-electron chi connectivity index (χ2n) is 7.66. The van der Waals surface area contributed by atoms with Crippen LogP contribution in [-0.2, 0) is 35.6 Å². The van der Waals surface area contributed by atoms with Gasteiger partial charge in [-0.25, -0.2) is 8.42 Å². The molecule has 0 spiro atoms. The van der Waals surface area contributed by atoms with Crippen LogP contribution in [0.25, 0.3) is 0 Å². The number of thiophene rings is 1. The molecule has 2 atom stereocenters. The van der Waals surface area contributed by atoms with Gasteiger partial charge in [0.15, 0.2) is 0 Å². The van der Waals surface area contributed by atoms with Crippen LogP contribution in [0, 0.1) is 0 Å². The van der Waals surface area contributed by atoms with Crippen molar-refractivity contribution in [3.63, 3.8) is 0 Å². The zero-order chi connectivity index (χ0) is 23.5. The van der Waals surface area contributed by atoms with Crippen LogP contribution in [0.1, 0.15) is 18.2 Å². The fourth-order valence-electron chi connectivity index (χ4n) is 3.89. The molecule has 1 N–H and O–H groups in total. The van der Waals surface area contributed by atoms with Crippen LogP contribution in [0.5, 0.6) is 0 Å². The molecule has 2 amide bonds. The summed E-state index contributed by atoms with van der Waals surface area (Å²) in [5.41, 5.74) is 0. The first kappa shape index (κ1) is 24.9. The van der Waals surface area contributed by atoms with Crippen molar-refractivity contribution in [1.29, 1.82) is 0 Å². The molecule has 0 aliphatic carbocycles. The van der Waals surface area contributed by atoms with Gasteiger partial charge in [0.05, 0.1) is 23.3 Å². The van der Waals surface area contributed by atoms with Crippen molar-refractivity contribution in [3.8, 4) is 0 Å². The highest BCUT2D eigenvalue weighted by atomic mass is 35.5. The molecule has 2 aliphatic rings. The molecule has 0 bridgehead atoms. The van der Waals surface area contributed by atoms with Gasteiger partial charge in [0.25, 0.3) is 0 Å². The van der Waals surface area contributed by atoms with Crippen molar-refractivity contribution in [1.82, 2.24) is 14.1 Å². The van der Waals surface area contributed by atoms with E-state index in [-0.39, 0.29) is 31.0 Å². The lowest BCUT2D eigenvalue weighted by Gasteiger charge is -2.33. The number of hydrogen-bond acceptors (Lipinski definition) is 7. The van der Waals surface area contributed by atoms with E-state index in [4.69, 9.17) is 16.3 Å². The highest BCUT2D eigenvalue weighted by Gasteiger charge is 2.45. The van der Waals surface area contributed by atoms with Crippen LogP contribution >= 0.6 is 22.9 Å². The molecule has 178 valence electrons. The van der Waals surface area contributed by atoms with Crippen LogP contribution in [0.3, 0.4) is 0 Å². The number of likely N-dealkylation sites (tertiary alicyclic amines) is 1. The topological polar surface area (TPSA) is 125 Å². The second-order valence-corrected chi connectivity index (χ2v) is 11.5. The van der Waals surface area contributed by atoms with E-state index in [9.17, 15) is 27.9 Å². The number of amides is 2. The summed E-state index contributed by atoms with van der Waals surface area (Å²) in [6.45, 7) is 2.68. The molecule has 32 heavy (non-hydrogen) atoms. The van der Waals surface area contributed by atoms with E-state index in [0.717, 1.165) is 9.18 Å². The Hall–Kier alpha value is -1.73. The zero-order valence-corrected chi connectivity index (χ0v) is 20.0. The number of carbonyl (C=O) groups excluding carboxylic acids is 2. The highest BCUT2D eigenvalue weighted by molar-refractivity contribution is 7.89. The molecule has 0 aromatic carbocycles. The number of aryl methyl sites for hydroxylation is 1. The molecular weight excluding hydrogens is 482 g/mol. The Morgan fingerprint density at radius 1 is 1.31 bits per heavy atom. The molecule has 1 aromatic rings. The van der Waals surface area contributed by atoms with Crippen LogP contribution in [0.15, 0.2) is 12.1 Å². The molecule has 0 radical (unpaired) electrons. The van der Waals surface area contributed by atoms with Gasteiger partial charge in [-0.05, 0) is 31.9 Å². The maximum atomic E-state index is 13.1. The predicted molar refractivity (Wildman–Crippen MR) is 118 cm³/mol. The Morgan fingerprint density at radius 2 is 2.00 bits per heavy atom. The smallest absolute Gasteiger partial charge is 0.318 e. The number of hydrogen-bond donors (Lipinski definition) is 1. The quantitative estimate of drug-likeness (QED) is 0.516. The number of aliphatic carboxylic acids is 1. The van der Waals surface area contributed by atoms with E-state index in [0.29, 0.717) is 30.6 Å². The molecule has 2 aliphatic heterocycles. The average molecular weight is 508 g/mol. The Bertz CT molecular complexity index is 962. The fourth-order valence-corrected chi connectivity index (χ4v) is 6.71. The summed E-state index contributed by atoms with van der Waals surface area (Å²) in [5, 5.41) is 9.30. The van der Waals surface area contributed by atoms with Crippen molar-refractivity contribution in [2.24, 2.45) is 0 Å². The molecule has 3 heterocycles. The first-order chi connectivity index (χ1) is 15.1.